The van der Waals surface area contributed by atoms with E-state index in [2.05, 4.69) is 10.1 Å². The van der Waals surface area contributed by atoms with Gasteiger partial charge in [-0.25, -0.2) is 13.6 Å². The number of anilines is 2. The summed E-state index contributed by atoms with van der Waals surface area (Å²) in [5, 5.41) is 3.03. The van der Waals surface area contributed by atoms with Crippen LogP contribution in [0.4, 0.5) is 19.5 Å². The van der Waals surface area contributed by atoms with E-state index in [0.29, 0.717) is 9.90 Å². The Labute approximate surface area is 106 Å². The second kappa shape index (κ2) is 6.06. The number of nitrogen functional groups attached to an aromatic ring is 1. The molecule has 4 nitrogen and oxygen atoms in total. The molecule has 1 aromatic rings. The molecule has 0 aromatic carbocycles. The lowest BCUT2D eigenvalue weighted by molar-refractivity contribution is 0.0607. The van der Waals surface area contributed by atoms with Crippen LogP contribution in [0.15, 0.2) is 4.90 Å². The van der Waals surface area contributed by atoms with E-state index in [4.69, 9.17) is 5.73 Å². The number of nitrogens with one attached hydrogen (secondary N) is 1. The van der Waals surface area contributed by atoms with E-state index in [-0.39, 0.29) is 10.6 Å². The van der Waals surface area contributed by atoms with Crippen molar-refractivity contribution in [2.75, 3.05) is 31.0 Å². The number of hydrogen-bond donors (Lipinski definition) is 2. The van der Waals surface area contributed by atoms with Crippen LogP contribution in [0.2, 0.25) is 0 Å². The minimum absolute atomic E-state index is 0.230. The van der Waals surface area contributed by atoms with E-state index in [1.807, 2.05) is 0 Å². The fourth-order valence-corrected chi connectivity index (χ4v) is 3.12. The van der Waals surface area contributed by atoms with Crippen molar-refractivity contribution < 1.29 is 18.3 Å². The van der Waals surface area contributed by atoms with Gasteiger partial charge < -0.3 is 15.8 Å². The van der Waals surface area contributed by atoms with Crippen LogP contribution in [0.25, 0.3) is 0 Å². The normalized spacial score (nSPS) is 10.6. The number of rotatable bonds is 5. The van der Waals surface area contributed by atoms with Gasteiger partial charge in [-0.1, -0.05) is 0 Å². The number of ether oxygens (including phenoxy) is 1. The van der Waals surface area contributed by atoms with E-state index in [9.17, 15) is 13.6 Å². The summed E-state index contributed by atoms with van der Waals surface area (Å²) in [7, 11) is 1.24. The zero-order valence-corrected chi connectivity index (χ0v) is 10.9. The molecule has 1 heterocycles. The molecular weight excluding hydrogens is 270 g/mol. The maximum Gasteiger partial charge on any atom is 0.350 e. The van der Waals surface area contributed by atoms with Gasteiger partial charge in [0.25, 0.3) is 6.43 Å². The first-order chi connectivity index (χ1) is 8.01. The van der Waals surface area contributed by atoms with Gasteiger partial charge in [0.15, 0.2) is 0 Å². The average Bonchev–Trinajstić information content (AvgIpc) is 2.62. The molecule has 0 saturated carbocycles. The van der Waals surface area contributed by atoms with E-state index < -0.39 is 18.9 Å². The number of halogens is 2. The van der Waals surface area contributed by atoms with Crippen molar-refractivity contribution in [2.45, 2.75) is 11.3 Å². The molecule has 0 fully saturated rings. The standard InChI is InChI=1S/C9H12F2N2O2S2/c1-15-9(14)7-5(12)6(16-2)8(17-7)13-3-4(10)11/h4,13H,3,12H2,1-2H3. The molecule has 1 aromatic heterocycles. The van der Waals surface area contributed by atoms with E-state index in [0.717, 1.165) is 11.3 Å². The van der Waals surface area contributed by atoms with E-state index >= 15 is 0 Å². The Morgan fingerprint density at radius 2 is 2.29 bits per heavy atom. The Balaban J connectivity index is 3.00. The van der Waals surface area contributed by atoms with E-state index in [1.165, 1.54) is 18.9 Å². The topological polar surface area (TPSA) is 64.3 Å². The molecule has 17 heavy (non-hydrogen) atoms. The van der Waals surface area contributed by atoms with Crippen LogP contribution in [-0.4, -0.2) is 32.3 Å². The molecule has 0 spiro atoms. The van der Waals surface area contributed by atoms with Gasteiger partial charge in [-0.05, 0) is 6.26 Å². The Morgan fingerprint density at radius 3 is 2.76 bits per heavy atom. The summed E-state index contributed by atoms with van der Waals surface area (Å²) >= 11 is 2.31. The van der Waals surface area contributed by atoms with Gasteiger partial charge in [0.1, 0.15) is 9.88 Å². The predicted molar refractivity (Wildman–Crippen MR) is 66.3 cm³/mol. The van der Waals surface area contributed by atoms with Crippen LogP contribution in [0.3, 0.4) is 0 Å². The minimum atomic E-state index is -2.46. The van der Waals surface area contributed by atoms with Crippen LogP contribution in [0, 0.1) is 0 Å². The van der Waals surface area contributed by atoms with Gasteiger partial charge in [-0.2, -0.15) is 0 Å². The highest BCUT2D eigenvalue weighted by Crippen LogP contribution is 2.41. The first-order valence-electron chi connectivity index (χ1n) is 4.57. The summed E-state index contributed by atoms with van der Waals surface area (Å²) in [5.74, 6) is -0.562. The monoisotopic (exact) mass is 282 g/mol. The fourth-order valence-electron chi connectivity index (χ4n) is 1.16. The maximum absolute atomic E-state index is 12.1. The Bertz CT molecular complexity index is 410. The summed E-state index contributed by atoms with van der Waals surface area (Å²) in [5.41, 5.74) is 6.03. The molecule has 0 radical (unpaired) electrons. The molecule has 8 heteroatoms. The molecule has 0 bridgehead atoms. The zero-order valence-electron chi connectivity index (χ0n) is 9.25. The third kappa shape index (κ3) is 3.22. The summed E-state index contributed by atoms with van der Waals surface area (Å²) in [6.45, 7) is -0.478. The molecule has 0 saturated heterocycles. The number of alkyl halides is 2. The molecule has 0 atom stereocenters. The van der Waals surface area contributed by atoms with Crippen molar-refractivity contribution in [1.29, 1.82) is 0 Å². The predicted octanol–water partition coefficient (Wildman–Crippen LogP) is 2.52. The number of thioether (sulfide) groups is 1. The SMILES string of the molecule is COC(=O)c1sc(NCC(F)F)c(SC)c1N. The van der Waals surface area contributed by atoms with Crippen molar-refractivity contribution in [1.82, 2.24) is 0 Å². The van der Waals surface area contributed by atoms with Gasteiger partial charge in [-0.3, -0.25) is 0 Å². The summed E-state index contributed by atoms with van der Waals surface area (Å²) in [6, 6.07) is 0. The highest BCUT2D eigenvalue weighted by atomic mass is 32.2. The van der Waals surface area contributed by atoms with Gasteiger partial charge in [0, 0.05) is 0 Å². The van der Waals surface area contributed by atoms with E-state index in [1.54, 1.807) is 6.26 Å². The number of methoxy groups -OCH3 is 1. The highest BCUT2D eigenvalue weighted by Gasteiger charge is 2.21. The van der Waals surface area contributed by atoms with Crippen LogP contribution >= 0.6 is 23.1 Å². The number of carbonyl (C=O) groups is 1. The van der Waals surface area contributed by atoms with Crippen LogP contribution in [0.1, 0.15) is 9.67 Å². The fraction of sp³-hybridized carbons (Fsp3) is 0.444. The molecule has 0 aliphatic rings. The van der Waals surface area contributed by atoms with Crippen molar-refractivity contribution in [3.8, 4) is 0 Å². The average molecular weight is 282 g/mol. The van der Waals surface area contributed by atoms with Crippen LogP contribution in [-0.2, 0) is 4.74 Å². The van der Waals surface area contributed by atoms with Crippen molar-refractivity contribution >= 4 is 39.8 Å². The molecule has 0 aliphatic heterocycles. The summed E-state index contributed by atoms with van der Waals surface area (Å²) < 4.78 is 28.8. The van der Waals surface area contributed by atoms with Gasteiger partial charge in [0.2, 0.25) is 0 Å². The maximum atomic E-state index is 12.1. The number of carbonyl (C=O) groups excluding carboxylic acids is 1. The van der Waals surface area contributed by atoms with Crippen molar-refractivity contribution in [3.05, 3.63) is 4.88 Å². The largest absolute Gasteiger partial charge is 0.465 e. The first-order valence-corrected chi connectivity index (χ1v) is 6.62. The zero-order chi connectivity index (χ0) is 13.0. The quantitative estimate of drug-likeness (QED) is 0.642. The first kappa shape index (κ1) is 14.0. The summed E-state index contributed by atoms with van der Waals surface area (Å²) in [6.07, 6.45) is -0.706. The minimum Gasteiger partial charge on any atom is -0.465 e. The molecule has 0 aliphatic carbocycles. The molecule has 0 amide bonds. The number of hydrogen-bond acceptors (Lipinski definition) is 6. The third-order valence-corrected chi connectivity index (χ3v) is 4.00. The lowest BCUT2D eigenvalue weighted by Crippen LogP contribution is -2.09. The second-order valence-electron chi connectivity index (χ2n) is 2.97. The molecule has 0 unspecified atom stereocenters. The van der Waals surface area contributed by atoms with Crippen molar-refractivity contribution in [2.24, 2.45) is 0 Å². The summed E-state index contributed by atoms with van der Waals surface area (Å²) in [4.78, 5) is 12.2. The number of nitrogens with two attached hydrogens (primary N) is 1. The van der Waals surface area contributed by atoms with Crippen LogP contribution < -0.4 is 11.1 Å². The van der Waals surface area contributed by atoms with Gasteiger partial charge >= 0.3 is 5.97 Å². The molecule has 96 valence electrons. The van der Waals surface area contributed by atoms with Gasteiger partial charge in [0.05, 0.1) is 24.2 Å². The molecular formula is C9H12F2N2O2S2. The van der Waals surface area contributed by atoms with Crippen molar-refractivity contribution in [3.63, 3.8) is 0 Å². The number of thiophene rings is 1. The lowest BCUT2D eigenvalue weighted by atomic mass is 10.4. The molecule has 1 rings (SSSR count). The Morgan fingerprint density at radius 1 is 1.65 bits per heavy atom. The molecule has 3 N–H and O–H groups in total. The second-order valence-corrected chi connectivity index (χ2v) is 4.81. The van der Waals surface area contributed by atoms with Gasteiger partial charge in [-0.15, -0.1) is 23.1 Å². The number of esters is 1. The Kier molecular flexibility index (Phi) is 5.01. The smallest absolute Gasteiger partial charge is 0.350 e. The van der Waals surface area contributed by atoms with Crippen LogP contribution in [0.5, 0.6) is 0 Å². The lowest BCUT2D eigenvalue weighted by Gasteiger charge is -2.04. The third-order valence-electron chi connectivity index (χ3n) is 1.89. The highest BCUT2D eigenvalue weighted by molar-refractivity contribution is 7.99. The Hall–Kier alpha value is -1.02.